The molecule has 0 aliphatic heterocycles. The molecule has 2 N–H and O–H groups in total. The van der Waals surface area contributed by atoms with Gasteiger partial charge in [-0.1, -0.05) is 214 Å². The second-order valence-corrected chi connectivity index (χ2v) is 17.6. The summed E-state index contributed by atoms with van der Waals surface area (Å²) in [6, 6.07) is 0. The van der Waals surface area contributed by atoms with E-state index in [0.29, 0.717) is 12.5 Å². The van der Waals surface area contributed by atoms with E-state index in [9.17, 15) is 5.11 Å². The van der Waals surface area contributed by atoms with Crippen molar-refractivity contribution in [2.75, 3.05) is 39.5 Å². The van der Waals surface area contributed by atoms with Gasteiger partial charge in [-0.25, -0.2) is 0 Å². The van der Waals surface area contributed by atoms with Crippen LogP contribution in [-0.2, 0) is 25.8 Å². The number of hydrogen-bond donors (Lipinski definition) is 2. The molecule has 2 unspecified atom stereocenters. The number of hydrogen-bond acceptors (Lipinski definition) is 4. The SMILES string of the molecule is CCCCCCCCCCCCC(O)CCCCCCCCCC.[CH2-]CCCCCN(CCCCO)CCCCCCOCC(C)CCCCCCCCC.[W]. The molecule has 0 saturated heterocycles. The zero-order chi connectivity index (χ0) is 40.6. The molecule has 4 nitrogen and oxygen atoms in total. The molecule has 0 rings (SSSR count). The number of aliphatic hydroxyl groups excluding tert-OH is 2. The van der Waals surface area contributed by atoms with Gasteiger partial charge in [-0.05, 0) is 76.9 Å². The summed E-state index contributed by atoms with van der Waals surface area (Å²) >= 11 is 0. The Labute approximate surface area is 369 Å². The Balaban J connectivity index is -0.00000102. The van der Waals surface area contributed by atoms with Crippen LogP contribution in [0.25, 0.3) is 0 Å². The van der Waals surface area contributed by atoms with Gasteiger partial charge in [0.25, 0.3) is 0 Å². The minimum Gasteiger partial charge on any atom is -0.396 e. The summed E-state index contributed by atoms with van der Waals surface area (Å²) in [7, 11) is 0. The van der Waals surface area contributed by atoms with Crippen LogP contribution in [0.15, 0.2) is 0 Å². The van der Waals surface area contributed by atoms with Gasteiger partial charge in [-0.2, -0.15) is 6.42 Å². The van der Waals surface area contributed by atoms with E-state index in [-0.39, 0.29) is 27.2 Å². The maximum absolute atomic E-state index is 10.0. The first-order chi connectivity index (χ1) is 27.0. The molecule has 2 atom stereocenters. The second-order valence-electron chi connectivity index (χ2n) is 17.6. The first kappa shape index (κ1) is 60.8. The van der Waals surface area contributed by atoms with Crippen molar-refractivity contribution in [3.8, 4) is 0 Å². The summed E-state index contributed by atoms with van der Waals surface area (Å²) in [5.41, 5.74) is 0. The van der Waals surface area contributed by atoms with Crippen molar-refractivity contribution in [3.05, 3.63) is 6.92 Å². The van der Waals surface area contributed by atoms with Gasteiger partial charge in [0.05, 0.1) is 6.10 Å². The first-order valence-electron chi connectivity index (χ1n) is 25.4. The van der Waals surface area contributed by atoms with E-state index in [4.69, 9.17) is 9.84 Å². The Morgan fingerprint density at radius 3 is 1.20 bits per heavy atom. The molecule has 0 bridgehead atoms. The van der Waals surface area contributed by atoms with E-state index in [2.05, 4.69) is 39.5 Å². The second kappa shape index (κ2) is 55.5. The fourth-order valence-corrected chi connectivity index (χ4v) is 7.71. The predicted molar refractivity (Wildman–Crippen MR) is 247 cm³/mol. The van der Waals surface area contributed by atoms with Crippen molar-refractivity contribution in [3.63, 3.8) is 0 Å². The molecule has 340 valence electrons. The number of ether oxygens (including phenoxy) is 1. The number of aliphatic hydroxyl groups is 2. The van der Waals surface area contributed by atoms with E-state index >= 15 is 0 Å². The van der Waals surface area contributed by atoms with E-state index < -0.39 is 0 Å². The third-order valence-electron chi connectivity index (χ3n) is 11.6. The summed E-state index contributed by atoms with van der Waals surface area (Å²) < 4.78 is 5.94. The van der Waals surface area contributed by atoms with Gasteiger partial charge in [0, 0.05) is 40.9 Å². The molecule has 0 spiro atoms. The Morgan fingerprint density at radius 1 is 0.446 bits per heavy atom. The Bertz CT molecular complexity index is 653. The molecule has 56 heavy (non-hydrogen) atoms. The van der Waals surface area contributed by atoms with Crippen LogP contribution in [-0.4, -0.2) is 60.7 Å². The van der Waals surface area contributed by atoms with Crippen molar-refractivity contribution < 1.29 is 36.0 Å². The molecule has 0 amide bonds. The number of unbranched alkanes of at least 4 members (excludes halogenated alkanes) is 29. The number of nitrogens with zero attached hydrogens (tertiary/aromatic N) is 1. The van der Waals surface area contributed by atoms with E-state index in [1.807, 2.05) is 0 Å². The van der Waals surface area contributed by atoms with Crippen LogP contribution in [0.5, 0.6) is 0 Å². The first-order valence-corrected chi connectivity index (χ1v) is 25.4. The third-order valence-corrected chi connectivity index (χ3v) is 11.6. The van der Waals surface area contributed by atoms with E-state index in [0.717, 1.165) is 51.9 Å². The van der Waals surface area contributed by atoms with Crippen molar-refractivity contribution in [2.24, 2.45) is 5.92 Å². The van der Waals surface area contributed by atoms with Crippen LogP contribution < -0.4 is 0 Å². The van der Waals surface area contributed by atoms with Crippen LogP contribution in [0, 0.1) is 12.8 Å². The fourth-order valence-electron chi connectivity index (χ4n) is 7.71. The minimum atomic E-state index is -0.0286. The van der Waals surface area contributed by atoms with Gasteiger partial charge in [-0.15, -0.1) is 0 Å². The van der Waals surface area contributed by atoms with Crippen LogP contribution in [0.1, 0.15) is 272 Å². The predicted octanol–water partition coefficient (Wildman–Crippen LogP) is 16.0. The topological polar surface area (TPSA) is 52.9 Å². The van der Waals surface area contributed by atoms with Crippen molar-refractivity contribution in [2.45, 2.75) is 278 Å². The van der Waals surface area contributed by atoms with Crippen LogP contribution in [0.3, 0.4) is 0 Å². The van der Waals surface area contributed by atoms with Gasteiger partial charge >= 0.3 is 0 Å². The Hall–Kier alpha value is 0.528. The smallest absolute Gasteiger partial charge is 0.0540 e. The molecule has 0 heterocycles. The van der Waals surface area contributed by atoms with Crippen molar-refractivity contribution in [1.29, 1.82) is 0 Å². The molecule has 0 radical (unpaired) electrons. The summed E-state index contributed by atoms with van der Waals surface area (Å²) in [5.74, 6) is 0.714. The zero-order valence-electron chi connectivity index (χ0n) is 39.1. The van der Waals surface area contributed by atoms with Gasteiger partial charge in [0.1, 0.15) is 0 Å². The molecule has 0 aromatic heterocycles. The van der Waals surface area contributed by atoms with Crippen molar-refractivity contribution in [1.82, 2.24) is 4.90 Å². The molecular formula is C51H106NO3W-. The normalized spacial score (nSPS) is 12.4. The maximum atomic E-state index is 10.0. The molecular weight excluding hydrogens is 858 g/mol. The molecule has 0 aromatic rings. The summed E-state index contributed by atoms with van der Waals surface area (Å²) in [6.07, 6.45) is 49.9. The standard InChI is InChI=1S/C28H58NO2.C23H48O.W/c1-4-6-8-10-11-12-15-21-28(3)27-31-26-20-14-13-17-23-29(24-18-19-25-30)22-16-9-7-5-2;1-3-5-7-9-11-13-14-16-18-20-22-23(24)21-19-17-15-12-10-8-6-4-2;/h28,30H,2,4-27H2,1,3H3;23-24H,3-22H2,1-2H3;/q-1;;. The largest absolute Gasteiger partial charge is 0.396 e. The minimum absolute atomic E-state index is 0. The molecule has 0 aliphatic rings. The third kappa shape index (κ3) is 54.5. The van der Waals surface area contributed by atoms with E-state index in [1.54, 1.807) is 0 Å². The molecule has 0 saturated carbocycles. The molecule has 0 fully saturated rings. The van der Waals surface area contributed by atoms with Gasteiger partial charge < -0.3 is 26.8 Å². The van der Waals surface area contributed by atoms with Gasteiger partial charge in [0.2, 0.25) is 0 Å². The monoisotopic (exact) mass is 965 g/mol. The summed E-state index contributed by atoms with van der Waals surface area (Å²) in [6.45, 7) is 18.9. The van der Waals surface area contributed by atoms with Crippen LogP contribution in [0.2, 0.25) is 0 Å². The van der Waals surface area contributed by atoms with E-state index in [1.165, 1.54) is 225 Å². The Kier molecular flexibility index (Phi) is 60.3. The van der Waals surface area contributed by atoms with Gasteiger partial charge in [0.15, 0.2) is 0 Å². The van der Waals surface area contributed by atoms with Crippen LogP contribution in [0.4, 0.5) is 0 Å². The average Bonchev–Trinajstić information content (AvgIpc) is 3.19. The Morgan fingerprint density at radius 2 is 0.786 bits per heavy atom. The zero-order valence-corrected chi connectivity index (χ0v) is 42.1. The van der Waals surface area contributed by atoms with Crippen molar-refractivity contribution >= 4 is 0 Å². The van der Waals surface area contributed by atoms with Gasteiger partial charge in [-0.3, -0.25) is 0 Å². The quantitative estimate of drug-likeness (QED) is 0.0471. The average molecular weight is 965 g/mol. The summed E-state index contributed by atoms with van der Waals surface area (Å²) in [4.78, 5) is 2.61. The molecule has 0 aromatic carbocycles. The van der Waals surface area contributed by atoms with Crippen LogP contribution >= 0.6 is 0 Å². The maximum Gasteiger partial charge on any atom is 0.0540 e. The molecule has 0 aliphatic carbocycles. The fraction of sp³-hybridized carbons (Fsp3) is 0.980. The molecule has 5 heteroatoms. The summed E-state index contributed by atoms with van der Waals surface area (Å²) in [5, 5.41) is 19.1. The number of rotatable bonds is 46.